The molecule has 0 saturated heterocycles. The fourth-order valence-electron chi connectivity index (χ4n) is 4.93. The van der Waals surface area contributed by atoms with Crippen LogP contribution in [0.3, 0.4) is 0 Å². The predicted molar refractivity (Wildman–Crippen MR) is 114 cm³/mol. The third-order valence-corrected chi connectivity index (χ3v) is 6.04. The molecule has 0 spiro atoms. The van der Waals surface area contributed by atoms with E-state index in [1.165, 1.54) is 21.9 Å². The largest absolute Gasteiger partial charge is 0.305 e. The Morgan fingerprint density at radius 1 is 0.692 bits per heavy atom. The Bertz CT molecular complexity index is 879. The van der Waals surface area contributed by atoms with Crippen molar-refractivity contribution in [2.45, 2.75) is 26.7 Å². The summed E-state index contributed by atoms with van der Waals surface area (Å²) in [5.74, 6) is 0. The lowest BCUT2D eigenvalue weighted by Crippen LogP contribution is -2.15. The van der Waals surface area contributed by atoms with Crippen molar-refractivity contribution in [1.29, 1.82) is 0 Å². The van der Waals surface area contributed by atoms with Crippen LogP contribution in [0.2, 0.25) is 0 Å². The van der Waals surface area contributed by atoms with Gasteiger partial charge in [0.15, 0.2) is 0 Å². The van der Waals surface area contributed by atoms with Crippen molar-refractivity contribution in [2.24, 2.45) is 0 Å². The number of allylic oxidation sites excluding steroid dienone is 2. The number of nitrogens with zero attached hydrogens (tertiary/aromatic N) is 2. The van der Waals surface area contributed by atoms with Crippen LogP contribution in [0.4, 0.5) is 0 Å². The zero-order valence-electron chi connectivity index (χ0n) is 17.0. The quantitative estimate of drug-likeness (QED) is 0.797. The van der Waals surface area contributed by atoms with Crippen LogP contribution in [0.5, 0.6) is 0 Å². The van der Waals surface area contributed by atoms with Gasteiger partial charge < -0.3 is 9.80 Å². The Morgan fingerprint density at radius 3 is 1.42 bits per heavy atom. The maximum absolute atomic E-state index is 2.34. The van der Waals surface area contributed by atoms with E-state index in [9.17, 15) is 0 Å². The normalized spacial score (nSPS) is 16.5. The highest BCUT2D eigenvalue weighted by Crippen LogP contribution is 2.48. The number of fused-ring (bicyclic) bond motifs is 6. The van der Waals surface area contributed by atoms with Crippen molar-refractivity contribution in [2.75, 3.05) is 41.3 Å². The van der Waals surface area contributed by atoms with Crippen molar-refractivity contribution >= 4 is 21.9 Å². The van der Waals surface area contributed by atoms with Gasteiger partial charge >= 0.3 is 0 Å². The van der Waals surface area contributed by atoms with Gasteiger partial charge in [0, 0.05) is 13.1 Å². The van der Waals surface area contributed by atoms with E-state index >= 15 is 0 Å². The highest BCUT2D eigenvalue weighted by atomic mass is 15.1. The molecule has 4 rings (SSSR count). The van der Waals surface area contributed by atoms with Crippen LogP contribution in [0.1, 0.15) is 36.1 Å². The van der Waals surface area contributed by atoms with Crippen molar-refractivity contribution in [3.63, 3.8) is 0 Å². The fraction of sp³-hybridized carbons (Fsp3) is 0.417. The molecule has 0 aliphatic heterocycles. The summed E-state index contributed by atoms with van der Waals surface area (Å²) in [6.45, 7) is 6.79. The molecule has 2 heteroatoms. The minimum atomic E-state index is 1.05. The van der Waals surface area contributed by atoms with Gasteiger partial charge in [-0.2, -0.15) is 0 Å². The SMILES string of the molecule is CC1=C(CN(C)C)Cc2c1c1c(c3ccccc23)CC(CN(C)C)=C1C. The Kier molecular flexibility index (Phi) is 4.29. The minimum Gasteiger partial charge on any atom is -0.305 e. The van der Waals surface area contributed by atoms with E-state index in [2.05, 4.69) is 76.1 Å². The molecule has 0 aromatic heterocycles. The highest BCUT2D eigenvalue weighted by molar-refractivity contribution is 6.03. The summed E-state index contributed by atoms with van der Waals surface area (Å²) >= 11 is 0. The number of benzene rings is 2. The number of hydrogen-bond acceptors (Lipinski definition) is 2. The molecule has 0 amide bonds. The van der Waals surface area contributed by atoms with Gasteiger partial charge in [0.05, 0.1) is 0 Å². The molecular weight excluding hydrogens is 316 g/mol. The van der Waals surface area contributed by atoms with E-state index in [0.29, 0.717) is 0 Å². The average molecular weight is 347 g/mol. The van der Waals surface area contributed by atoms with Crippen LogP contribution in [0.15, 0.2) is 35.4 Å². The Labute approximate surface area is 157 Å². The fourth-order valence-corrected chi connectivity index (χ4v) is 4.93. The van der Waals surface area contributed by atoms with Crippen LogP contribution >= 0.6 is 0 Å². The zero-order valence-corrected chi connectivity index (χ0v) is 17.0. The third-order valence-electron chi connectivity index (χ3n) is 6.04. The van der Waals surface area contributed by atoms with E-state index in [-0.39, 0.29) is 0 Å². The highest BCUT2D eigenvalue weighted by Gasteiger charge is 2.31. The predicted octanol–water partition coefficient (Wildman–Crippen LogP) is 4.62. The van der Waals surface area contributed by atoms with Gasteiger partial charge in [-0.15, -0.1) is 0 Å². The molecule has 0 N–H and O–H groups in total. The Morgan fingerprint density at radius 2 is 1.08 bits per heavy atom. The molecule has 2 nitrogen and oxygen atoms in total. The lowest BCUT2D eigenvalue weighted by atomic mass is 9.88. The van der Waals surface area contributed by atoms with Crippen molar-refractivity contribution in [3.05, 3.63) is 57.7 Å². The maximum Gasteiger partial charge on any atom is 0.0196 e. The van der Waals surface area contributed by atoms with Crippen molar-refractivity contribution in [1.82, 2.24) is 9.80 Å². The van der Waals surface area contributed by atoms with E-state index in [1.54, 1.807) is 33.4 Å². The molecule has 136 valence electrons. The summed E-state index contributed by atoms with van der Waals surface area (Å²) in [6, 6.07) is 9.06. The van der Waals surface area contributed by atoms with Gasteiger partial charge in [0.2, 0.25) is 0 Å². The molecule has 0 bridgehead atoms. The van der Waals surface area contributed by atoms with Gasteiger partial charge in [-0.1, -0.05) is 24.3 Å². The van der Waals surface area contributed by atoms with Gasteiger partial charge in [-0.25, -0.2) is 0 Å². The molecule has 2 aliphatic rings. The first-order valence-electron chi connectivity index (χ1n) is 9.62. The Hall–Kier alpha value is -1.90. The molecule has 0 atom stereocenters. The molecular formula is C24H30N2. The molecule has 26 heavy (non-hydrogen) atoms. The van der Waals surface area contributed by atoms with Crippen LogP contribution in [0.25, 0.3) is 21.9 Å². The number of rotatable bonds is 4. The first kappa shape index (κ1) is 17.5. The van der Waals surface area contributed by atoms with Crippen molar-refractivity contribution < 1.29 is 0 Å². The second kappa shape index (κ2) is 6.37. The van der Waals surface area contributed by atoms with Crippen LogP contribution in [-0.4, -0.2) is 51.1 Å². The number of likely N-dealkylation sites (N-methyl/N-ethyl adjacent to an activating group) is 2. The summed E-state index contributed by atoms with van der Waals surface area (Å²) in [4.78, 5) is 4.60. The summed E-state index contributed by atoms with van der Waals surface area (Å²) < 4.78 is 0. The summed E-state index contributed by atoms with van der Waals surface area (Å²) in [5, 5.41) is 2.93. The lowest BCUT2D eigenvalue weighted by molar-refractivity contribution is 0.443. The molecule has 2 aromatic carbocycles. The number of hydrogen-bond donors (Lipinski definition) is 0. The topological polar surface area (TPSA) is 6.48 Å². The Balaban J connectivity index is 1.98. The smallest absolute Gasteiger partial charge is 0.0196 e. The summed E-state index contributed by atoms with van der Waals surface area (Å²) in [6.07, 6.45) is 2.20. The van der Waals surface area contributed by atoms with E-state index in [4.69, 9.17) is 0 Å². The second-order valence-corrected chi connectivity index (χ2v) is 8.54. The molecule has 0 heterocycles. The van der Waals surface area contributed by atoms with Gasteiger partial charge in [-0.05, 0) is 110 Å². The van der Waals surface area contributed by atoms with Crippen LogP contribution < -0.4 is 0 Å². The van der Waals surface area contributed by atoms with Crippen molar-refractivity contribution in [3.8, 4) is 0 Å². The van der Waals surface area contributed by atoms with Gasteiger partial charge in [0.1, 0.15) is 0 Å². The zero-order chi connectivity index (χ0) is 18.6. The first-order valence-corrected chi connectivity index (χ1v) is 9.62. The first-order chi connectivity index (χ1) is 12.4. The van der Waals surface area contributed by atoms with Gasteiger partial charge in [0.25, 0.3) is 0 Å². The molecule has 2 aliphatic carbocycles. The average Bonchev–Trinajstić information content (AvgIpc) is 3.06. The summed E-state index contributed by atoms with van der Waals surface area (Å²) in [7, 11) is 8.69. The molecule has 2 aromatic rings. The van der Waals surface area contributed by atoms with Crippen LogP contribution in [0, 0.1) is 0 Å². The van der Waals surface area contributed by atoms with E-state index < -0.39 is 0 Å². The van der Waals surface area contributed by atoms with E-state index in [1.807, 2.05) is 0 Å². The third kappa shape index (κ3) is 2.64. The lowest BCUT2D eigenvalue weighted by Gasteiger charge is -2.16. The maximum atomic E-state index is 2.34. The molecule has 0 saturated carbocycles. The van der Waals surface area contributed by atoms with Crippen LogP contribution in [-0.2, 0) is 12.8 Å². The second-order valence-electron chi connectivity index (χ2n) is 8.54. The monoisotopic (exact) mass is 346 g/mol. The van der Waals surface area contributed by atoms with E-state index in [0.717, 1.165) is 25.9 Å². The standard InChI is InChI=1S/C24H30N2/c1-15-17(13-25(3)4)11-21-19-9-7-8-10-20(19)22-12-18(14-26(5)6)16(2)24(22)23(15)21/h7-10H,11-14H2,1-6H3. The molecule has 0 radical (unpaired) electrons. The molecule has 0 unspecified atom stereocenters. The molecule has 0 fully saturated rings. The minimum absolute atomic E-state index is 1.05. The van der Waals surface area contributed by atoms with Gasteiger partial charge in [-0.3, -0.25) is 0 Å². The summed E-state index contributed by atoms with van der Waals surface area (Å²) in [5.41, 5.74) is 12.4.